The van der Waals surface area contributed by atoms with Crippen LogP contribution in [0, 0.1) is 18.7 Å². The Hall–Kier alpha value is -3.55. The smallest absolute Gasteiger partial charge is 0.271 e. The quantitative estimate of drug-likeness (QED) is 0.693. The molecule has 1 fully saturated rings. The molecular weight excluding hydrogens is 385 g/mol. The monoisotopic (exact) mass is 407 g/mol. The number of pyridine rings is 1. The van der Waals surface area contributed by atoms with Crippen LogP contribution in [-0.4, -0.2) is 45.0 Å². The third-order valence-corrected chi connectivity index (χ3v) is 5.38. The Labute approximate surface area is 173 Å². The summed E-state index contributed by atoms with van der Waals surface area (Å²) in [6.45, 7) is 2.62. The highest BCUT2D eigenvalue weighted by molar-refractivity contribution is 5.95. The first-order chi connectivity index (χ1) is 14.5. The van der Waals surface area contributed by atoms with Crippen molar-refractivity contribution in [3.63, 3.8) is 0 Å². The number of rotatable bonds is 4. The number of anilines is 1. The number of aromatic nitrogens is 3. The fourth-order valence-electron chi connectivity index (χ4n) is 3.53. The molecule has 0 spiro atoms. The molecule has 8 heteroatoms. The first-order valence-electron chi connectivity index (χ1n) is 9.83. The Morgan fingerprint density at radius 2 is 1.87 bits per heavy atom. The minimum Gasteiger partial charge on any atom is -0.337 e. The Bertz CT molecular complexity index is 1060. The number of H-pyrrole nitrogens is 1. The molecule has 1 aliphatic heterocycles. The lowest BCUT2D eigenvalue weighted by molar-refractivity contribution is -0.121. The Morgan fingerprint density at radius 1 is 1.13 bits per heavy atom. The van der Waals surface area contributed by atoms with Gasteiger partial charge in [0.15, 0.2) is 0 Å². The number of aromatic amines is 1. The van der Waals surface area contributed by atoms with Gasteiger partial charge in [0.05, 0.1) is 5.69 Å². The molecule has 2 N–H and O–H groups in total. The molecule has 4 rings (SSSR count). The summed E-state index contributed by atoms with van der Waals surface area (Å²) in [6.07, 6.45) is 4.45. The minimum absolute atomic E-state index is 0.137. The van der Waals surface area contributed by atoms with Gasteiger partial charge >= 0.3 is 0 Å². The zero-order valence-corrected chi connectivity index (χ0v) is 16.6. The summed E-state index contributed by atoms with van der Waals surface area (Å²) in [5.41, 5.74) is 2.96. The van der Waals surface area contributed by atoms with Crippen molar-refractivity contribution in [2.45, 2.75) is 19.8 Å². The van der Waals surface area contributed by atoms with Gasteiger partial charge in [-0.25, -0.2) is 4.39 Å². The summed E-state index contributed by atoms with van der Waals surface area (Å²) in [7, 11) is 0. The van der Waals surface area contributed by atoms with Crippen LogP contribution in [0.5, 0.6) is 0 Å². The number of likely N-dealkylation sites (tertiary alicyclic amines) is 1. The lowest BCUT2D eigenvalue weighted by Gasteiger charge is -2.31. The van der Waals surface area contributed by atoms with Gasteiger partial charge in [-0.1, -0.05) is 6.07 Å². The molecule has 1 aromatic carbocycles. The largest absolute Gasteiger partial charge is 0.337 e. The number of carbonyl (C=O) groups excluding carboxylic acids is 2. The van der Waals surface area contributed by atoms with Gasteiger partial charge in [0, 0.05) is 42.7 Å². The van der Waals surface area contributed by atoms with E-state index >= 15 is 0 Å². The van der Waals surface area contributed by atoms with E-state index in [0.29, 0.717) is 48.6 Å². The van der Waals surface area contributed by atoms with Crippen LogP contribution in [0.3, 0.4) is 0 Å². The number of amides is 2. The third kappa shape index (κ3) is 4.22. The van der Waals surface area contributed by atoms with Crippen molar-refractivity contribution in [2.75, 3.05) is 18.4 Å². The molecule has 2 amide bonds. The molecule has 0 bridgehead atoms. The van der Waals surface area contributed by atoms with E-state index in [2.05, 4.69) is 20.5 Å². The second-order valence-electron chi connectivity index (χ2n) is 7.42. The molecule has 154 valence electrons. The van der Waals surface area contributed by atoms with E-state index in [1.165, 1.54) is 6.07 Å². The van der Waals surface area contributed by atoms with Gasteiger partial charge in [-0.05, 0) is 55.7 Å². The molecule has 3 aromatic rings. The van der Waals surface area contributed by atoms with Crippen molar-refractivity contribution in [2.24, 2.45) is 5.92 Å². The van der Waals surface area contributed by atoms with Gasteiger partial charge in [0.25, 0.3) is 5.91 Å². The Kier molecular flexibility index (Phi) is 5.56. The number of nitrogens with zero attached hydrogens (tertiary/aromatic N) is 3. The predicted molar refractivity (Wildman–Crippen MR) is 110 cm³/mol. The Morgan fingerprint density at radius 3 is 2.57 bits per heavy atom. The molecule has 0 saturated carbocycles. The van der Waals surface area contributed by atoms with Crippen LogP contribution in [0.2, 0.25) is 0 Å². The zero-order chi connectivity index (χ0) is 21.1. The summed E-state index contributed by atoms with van der Waals surface area (Å²) >= 11 is 0. The van der Waals surface area contributed by atoms with Gasteiger partial charge in [-0.15, -0.1) is 0 Å². The van der Waals surface area contributed by atoms with E-state index in [-0.39, 0.29) is 23.5 Å². The molecule has 0 atom stereocenters. The molecule has 3 heterocycles. The summed E-state index contributed by atoms with van der Waals surface area (Å²) in [6, 6.07) is 10.0. The number of benzene rings is 1. The van der Waals surface area contributed by atoms with Crippen LogP contribution in [0.4, 0.5) is 10.1 Å². The highest BCUT2D eigenvalue weighted by atomic mass is 19.1. The van der Waals surface area contributed by atoms with E-state index in [4.69, 9.17) is 0 Å². The molecule has 0 unspecified atom stereocenters. The maximum atomic E-state index is 13.7. The van der Waals surface area contributed by atoms with Crippen LogP contribution in [0.15, 0.2) is 48.8 Å². The van der Waals surface area contributed by atoms with Crippen molar-refractivity contribution >= 4 is 17.5 Å². The highest BCUT2D eigenvalue weighted by Gasteiger charge is 2.28. The van der Waals surface area contributed by atoms with Gasteiger partial charge < -0.3 is 10.2 Å². The van der Waals surface area contributed by atoms with Gasteiger partial charge in [-0.2, -0.15) is 5.10 Å². The average molecular weight is 407 g/mol. The summed E-state index contributed by atoms with van der Waals surface area (Å²) in [5.74, 6) is -0.847. The lowest BCUT2D eigenvalue weighted by atomic mass is 9.95. The van der Waals surface area contributed by atoms with Crippen LogP contribution >= 0.6 is 0 Å². The third-order valence-electron chi connectivity index (χ3n) is 5.38. The molecule has 0 radical (unpaired) electrons. The van der Waals surface area contributed by atoms with Crippen molar-refractivity contribution in [1.82, 2.24) is 20.1 Å². The van der Waals surface area contributed by atoms with Crippen LogP contribution in [0.1, 0.15) is 28.9 Å². The van der Waals surface area contributed by atoms with E-state index in [0.717, 1.165) is 5.56 Å². The van der Waals surface area contributed by atoms with E-state index < -0.39 is 0 Å². The molecule has 30 heavy (non-hydrogen) atoms. The molecule has 1 saturated heterocycles. The molecule has 0 aliphatic carbocycles. The number of piperidine rings is 1. The lowest BCUT2D eigenvalue weighted by Crippen LogP contribution is -2.41. The second kappa shape index (κ2) is 8.44. The number of halogens is 1. The average Bonchev–Trinajstić information content (AvgIpc) is 3.27. The van der Waals surface area contributed by atoms with E-state index in [9.17, 15) is 14.0 Å². The van der Waals surface area contributed by atoms with Crippen LogP contribution in [0.25, 0.3) is 11.3 Å². The van der Waals surface area contributed by atoms with Gasteiger partial charge in [0.1, 0.15) is 11.5 Å². The van der Waals surface area contributed by atoms with Crippen LogP contribution in [-0.2, 0) is 4.79 Å². The minimum atomic E-state index is -0.348. The first kappa shape index (κ1) is 19.8. The number of hydrogen-bond donors (Lipinski definition) is 2. The van der Waals surface area contributed by atoms with Crippen molar-refractivity contribution in [3.8, 4) is 11.3 Å². The fraction of sp³-hybridized carbons (Fsp3) is 0.273. The Balaban J connectivity index is 1.34. The standard InChI is InChI=1S/C22H22FN5O2/c1-14-2-3-17(12-18(14)23)25-21(29)16-6-10-28(11-7-16)22(30)20-13-19(26-27-20)15-4-8-24-9-5-15/h2-5,8-9,12-13,16H,6-7,10-11H2,1H3,(H,25,29)(H,26,27). The topological polar surface area (TPSA) is 91.0 Å². The maximum absolute atomic E-state index is 13.7. The number of carbonyl (C=O) groups is 2. The SMILES string of the molecule is Cc1ccc(NC(=O)C2CCN(C(=O)c3cc(-c4ccncc4)n[nH]3)CC2)cc1F. The molecule has 1 aliphatic rings. The summed E-state index contributed by atoms with van der Waals surface area (Å²) < 4.78 is 13.7. The molecular formula is C22H22FN5O2. The van der Waals surface area contributed by atoms with Crippen molar-refractivity contribution < 1.29 is 14.0 Å². The number of nitrogens with one attached hydrogen (secondary N) is 2. The second-order valence-corrected chi connectivity index (χ2v) is 7.42. The van der Waals surface area contributed by atoms with E-state index in [1.54, 1.807) is 42.4 Å². The number of aryl methyl sites for hydroxylation is 1. The van der Waals surface area contributed by atoms with Gasteiger partial charge in [0.2, 0.25) is 5.91 Å². The van der Waals surface area contributed by atoms with Crippen molar-refractivity contribution in [3.05, 3.63) is 65.9 Å². The van der Waals surface area contributed by atoms with Gasteiger partial charge in [-0.3, -0.25) is 19.7 Å². The first-order valence-corrected chi connectivity index (χ1v) is 9.83. The van der Waals surface area contributed by atoms with Crippen molar-refractivity contribution in [1.29, 1.82) is 0 Å². The predicted octanol–water partition coefficient (Wildman–Crippen LogP) is 3.41. The van der Waals surface area contributed by atoms with Crippen LogP contribution < -0.4 is 5.32 Å². The summed E-state index contributed by atoms with van der Waals surface area (Å²) in [5, 5.41) is 9.79. The zero-order valence-electron chi connectivity index (χ0n) is 16.6. The molecule has 7 nitrogen and oxygen atoms in total. The normalized spacial score (nSPS) is 14.5. The fourth-order valence-corrected chi connectivity index (χ4v) is 3.53. The van der Waals surface area contributed by atoms with E-state index in [1.807, 2.05) is 12.1 Å². The number of hydrogen-bond acceptors (Lipinski definition) is 4. The maximum Gasteiger partial charge on any atom is 0.271 e. The summed E-state index contributed by atoms with van der Waals surface area (Å²) in [4.78, 5) is 31.0. The highest BCUT2D eigenvalue weighted by Crippen LogP contribution is 2.23. The molecule has 2 aromatic heterocycles.